The van der Waals surface area contributed by atoms with Crippen molar-refractivity contribution >= 4 is 16.3 Å². The second-order valence-electron chi connectivity index (χ2n) is 5.34. The Bertz CT molecular complexity index is 461. The lowest BCUT2D eigenvalue weighted by atomic mass is 9.90. The van der Waals surface area contributed by atoms with Gasteiger partial charge in [0, 0.05) is 44.6 Å². The molecule has 0 radical (unpaired) electrons. The van der Waals surface area contributed by atoms with E-state index in [9.17, 15) is 0 Å². The lowest BCUT2D eigenvalue weighted by Crippen LogP contribution is -2.30. The van der Waals surface area contributed by atoms with Gasteiger partial charge in [0.15, 0.2) is 4.96 Å². The van der Waals surface area contributed by atoms with Gasteiger partial charge in [0.25, 0.3) is 0 Å². The van der Waals surface area contributed by atoms with Crippen LogP contribution in [0.4, 0.5) is 0 Å². The highest BCUT2D eigenvalue weighted by Crippen LogP contribution is 2.19. The van der Waals surface area contributed by atoms with Gasteiger partial charge in [-0.05, 0) is 11.8 Å². The Balaban J connectivity index is 1.79. The van der Waals surface area contributed by atoms with E-state index in [1.807, 2.05) is 11.6 Å². The minimum Gasteiger partial charge on any atom is -0.385 e. The molecule has 0 aliphatic heterocycles. The predicted molar refractivity (Wildman–Crippen MR) is 75.0 cm³/mol. The van der Waals surface area contributed by atoms with Crippen LogP contribution in [-0.2, 0) is 11.3 Å². The molecule has 0 aromatic carbocycles. The molecule has 2 heterocycles. The minimum absolute atomic E-state index is 0.257. The number of nitrogens with one attached hydrogen (secondary N) is 1. The SMILES string of the molecule is COCCC(C)(C)CNCc1cn2ccsc2n1. The number of aromatic nitrogens is 2. The van der Waals surface area contributed by atoms with Crippen molar-refractivity contribution in [2.45, 2.75) is 26.8 Å². The third kappa shape index (κ3) is 3.54. The summed E-state index contributed by atoms with van der Waals surface area (Å²) in [4.78, 5) is 5.61. The Morgan fingerprint density at radius 3 is 3.06 bits per heavy atom. The molecule has 100 valence electrons. The molecule has 0 atom stereocenters. The molecule has 0 amide bonds. The standard InChI is InChI=1S/C13H21N3OS/c1-13(2,4-6-17-3)10-14-8-11-9-16-5-7-18-12(16)15-11/h5,7,9,14H,4,6,8,10H2,1-3H3. The summed E-state index contributed by atoms with van der Waals surface area (Å²) in [6.07, 6.45) is 5.19. The molecule has 0 saturated heterocycles. The molecule has 0 spiro atoms. The van der Waals surface area contributed by atoms with E-state index in [1.54, 1.807) is 18.4 Å². The quantitative estimate of drug-likeness (QED) is 0.838. The van der Waals surface area contributed by atoms with Gasteiger partial charge >= 0.3 is 0 Å². The molecule has 0 aliphatic carbocycles. The van der Waals surface area contributed by atoms with Crippen molar-refractivity contribution in [3.63, 3.8) is 0 Å². The Morgan fingerprint density at radius 2 is 2.33 bits per heavy atom. The molecule has 1 N–H and O–H groups in total. The molecule has 2 aromatic heterocycles. The molecule has 0 saturated carbocycles. The molecule has 4 nitrogen and oxygen atoms in total. The number of nitrogens with zero attached hydrogens (tertiary/aromatic N) is 2. The summed E-state index contributed by atoms with van der Waals surface area (Å²) in [6.45, 7) is 7.12. The predicted octanol–water partition coefficient (Wildman–Crippen LogP) is 2.55. The molecular formula is C13H21N3OS. The number of fused-ring (bicyclic) bond motifs is 1. The average Bonchev–Trinajstić information content (AvgIpc) is 2.86. The zero-order valence-electron chi connectivity index (χ0n) is 11.3. The van der Waals surface area contributed by atoms with Gasteiger partial charge in [0.1, 0.15) is 0 Å². The van der Waals surface area contributed by atoms with Crippen molar-refractivity contribution in [1.29, 1.82) is 0 Å². The molecule has 18 heavy (non-hydrogen) atoms. The fourth-order valence-corrected chi connectivity index (χ4v) is 2.58. The number of methoxy groups -OCH3 is 1. The highest BCUT2D eigenvalue weighted by Gasteiger charge is 2.17. The van der Waals surface area contributed by atoms with E-state index in [0.29, 0.717) is 0 Å². The van der Waals surface area contributed by atoms with Crippen LogP contribution in [0.25, 0.3) is 4.96 Å². The average molecular weight is 267 g/mol. The van der Waals surface area contributed by atoms with E-state index < -0.39 is 0 Å². The van der Waals surface area contributed by atoms with Crippen molar-refractivity contribution < 1.29 is 4.74 Å². The Labute approximate surface area is 112 Å². The van der Waals surface area contributed by atoms with Crippen molar-refractivity contribution in [2.75, 3.05) is 20.3 Å². The lowest BCUT2D eigenvalue weighted by molar-refractivity contribution is 0.150. The summed E-state index contributed by atoms with van der Waals surface area (Å²) in [5, 5.41) is 5.52. The van der Waals surface area contributed by atoms with Crippen molar-refractivity contribution in [3.8, 4) is 0 Å². The maximum atomic E-state index is 5.13. The van der Waals surface area contributed by atoms with E-state index in [2.05, 4.69) is 34.7 Å². The van der Waals surface area contributed by atoms with Crippen LogP contribution in [0.3, 0.4) is 0 Å². The van der Waals surface area contributed by atoms with Crippen LogP contribution in [-0.4, -0.2) is 29.6 Å². The molecule has 0 aliphatic rings. The molecule has 5 heteroatoms. The van der Waals surface area contributed by atoms with Gasteiger partial charge in [-0.15, -0.1) is 11.3 Å². The number of thiazole rings is 1. The maximum absolute atomic E-state index is 5.13. The van der Waals surface area contributed by atoms with E-state index in [0.717, 1.165) is 36.8 Å². The van der Waals surface area contributed by atoms with Gasteiger partial charge in [-0.1, -0.05) is 13.8 Å². The van der Waals surface area contributed by atoms with E-state index in [1.165, 1.54) is 0 Å². The van der Waals surface area contributed by atoms with Crippen LogP contribution in [0.2, 0.25) is 0 Å². The summed E-state index contributed by atoms with van der Waals surface area (Å²) < 4.78 is 7.20. The molecular weight excluding hydrogens is 246 g/mol. The largest absolute Gasteiger partial charge is 0.385 e. The van der Waals surface area contributed by atoms with Crippen LogP contribution >= 0.6 is 11.3 Å². The summed E-state index contributed by atoms with van der Waals surface area (Å²) in [6, 6.07) is 0. The zero-order chi connectivity index (χ0) is 13.0. The molecule has 2 aromatic rings. The van der Waals surface area contributed by atoms with Gasteiger partial charge in [-0.3, -0.25) is 4.40 Å². The fraction of sp³-hybridized carbons (Fsp3) is 0.615. The lowest BCUT2D eigenvalue weighted by Gasteiger charge is -2.24. The van der Waals surface area contributed by atoms with E-state index in [4.69, 9.17) is 4.74 Å². The smallest absolute Gasteiger partial charge is 0.193 e. The second-order valence-corrected chi connectivity index (χ2v) is 6.21. The first kappa shape index (κ1) is 13.5. The molecule has 2 rings (SSSR count). The summed E-state index contributed by atoms with van der Waals surface area (Å²) >= 11 is 1.67. The fourth-order valence-electron chi connectivity index (χ4n) is 1.86. The first-order valence-corrected chi connectivity index (χ1v) is 7.09. The monoisotopic (exact) mass is 267 g/mol. The third-order valence-electron chi connectivity index (χ3n) is 3.04. The van der Waals surface area contributed by atoms with Crippen molar-refractivity contribution in [3.05, 3.63) is 23.5 Å². The van der Waals surface area contributed by atoms with Gasteiger partial charge in [-0.25, -0.2) is 4.98 Å². The number of imidazole rings is 1. The normalized spacial score (nSPS) is 12.4. The minimum atomic E-state index is 0.257. The van der Waals surface area contributed by atoms with E-state index >= 15 is 0 Å². The number of ether oxygens (including phenoxy) is 1. The topological polar surface area (TPSA) is 38.6 Å². The van der Waals surface area contributed by atoms with Crippen LogP contribution in [0.5, 0.6) is 0 Å². The Hall–Kier alpha value is -0.910. The maximum Gasteiger partial charge on any atom is 0.193 e. The summed E-state index contributed by atoms with van der Waals surface area (Å²) in [5.74, 6) is 0. The van der Waals surface area contributed by atoms with Crippen molar-refractivity contribution in [2.24, 2.45) is 5.41 Å². The van der Waals surface area contributed by atoms with Crippen LogP contribution in [0, 0.1) is 5.41 Å². The first-order chi connectivity index (χ1) is 8.61. The van der Waals surface area contributed by atoms with Crippen LogP contribution < -0.4 is 5.32 Å². The highest BCUT2D eigenvalue weighted by atomic mass is 32.1. The zero-order valence-corrected chi connectivity index (χ0v) is 12.1. The summed E-state index contributed by atoms with van der Waals surface area (Å²) in [7, 11) is 1.75. The Kier molecular flexibility index (Phi) is 4.37. The van der Waals surface area contributed by atoms with Crippen LogP contribution in [0.15, 0.2) is 17.8 Å². The van der Waals surface area contributed by atoms with Gasteiger partial charge in [0.2, 0.25) is 0 Å². The number of rotatable bonds is 7. The molecule has 0 unspecified atom stereocenters. The second kappa shape index (κ2) is 5.82. The van der Waals surface area contributed by atoms with Crippen molar-refractivity contribution in [1.82, 2.24) is 14.7 Å². The number of hydrogen-bond acceptors (Lipinski definition) is 4. The van der Waals surface area contributed by atoms with E-state index in [-0.39, 0.29) is 5.41 Å². The summed E-state index contributed by atoms with van der Waals surface area (Å²) in [5.41, 5.74) is 1.36. The van der Waals surface area contributed by atoms with Crippen LogP contribution in [0.1, 0.15) is 26.0 Å². The van der Waals surface area contributed by atoms with Gasteiger partial charge in [0.05, 0.1) is 5.69 Å². The van der Waals surface area contributed by atoms with Gasteiger partial charge < -0.3 is 10.1 Å². The first-order valence-electron chi connectivity index (χ1n) is 6.21. The molecule has 0 fully saturated rings. The van der Waals surface area contributed by atoms with Gasteiger partial charge in [-0.2, -0.15) is 0 Å². The number of hydrogen-bond donors (Lipinski definition) is 1. The molecule has 0 bridgehead atoms. The Morgan fingerprint density at radius 1 is 1.50 bits per heavy atom. The third-order valence-corrected chi connectivity index (χ3v) is 3.81. The highest BCUT2D eigenvalue weighted by molar-refractivity contribution is 7.15.